The lowest BCUT2D eigenvalue weighted by atomic mass is 10.1. The van der Waals surface area contributed by atoms with E-state index in [0.717, 1.165) is 0 Å². The van der Waals surface area contributed by atoms with Gasteiger partial charge in [0, 0.05) is 0 Å². The maximum atomic E-state index is 11.4. The first-order chi connectivity index (χ1) is 8.45. The summed E-state index contributed by atoms with van der Waals surface area (Å²) >= 11 is 0. The summed E-state index contributed by atoms with van der Waals surface area (Å²) in [7, 11) is 1.31. The number of nitrogens with one attached hydrogen (secondary N) is 1. The molecule has 1 rings (SSSR count). The summed E-state index contributed by atoms with van der Waals surface area (Å²) in [6.07, 6.45) is 0. The van der Waals surface area contributed by atoms with E-state index in [-0.39, 0.29) is 13.2 Å². The minimum Gasteiger partial charge on any atom is -0.465 e. The van der Waals surface area contributed by atoms with E-state index in [1.54, 1.807) is 19.9 Å². The zero-order chi connectivity index (χ0) is 13.8. The number of furan rings is 1. The molecule has 0 aliphatic rings. The second kappa shape index (κ2) is 5.99. The molecule has 6 heteroatoms. The molecule has 0 aromatic carbocycles. The highest BCUT2D eigenvalue weighted by molar-refractivity contribution is 5.90. The highest BCUT2D eigenvalue weighted by Gasteiger charge is 2.22. The Morgan fingerprint density at radius 2 is 2.11 bits per heavy atom. The third-order valence-electron chi connectivity index (χ3n) is 2.76. The van der Waals surface area contributed by atoms with Crippen LogP contribution in [-0.2, 0) is 11.3 Å². The summed E-state index contributed by atoms with van der Waals surface area (Å²) in [5, 5.41) is 21.2. The number of aliphatic hydroxyl groups excluding tert-OH is 2. The van der Waals surface area contributed by atoms with Crippen LogP contribution >= 0.6 is 0 Å². The first kappa shape index (κ1) is 14.7. The molecule has 0 aliphatic heterocycles. The van der Waals surface area contributed by atoms with Gasteiger partial charge in [-0.15, -0.1) is 0 Å². The number of esters is 1. The van der Waals surface area contributed by atoms with Crippen molar-refractivity contribution in [2.24, 2.45) is 0 Å². The molecule has 0 saturated heterocycles. The van der Waals surface area contributed by atoms with Crippen molar-refractivity contribution in [3.05, 3.63) is 23.2 Å². The van der Waals surface area contributed by atoms with Crippen molar-refractivity contribution in [2.45, 2.75) is 25.9 Å². The van der Waals surface area contributed by atoms with Gasteiger partial charge in [0.1, 0.15) is 17.1 Å². The molecule has 0 aliphatic carbocycles. The fourth-order valence-corrected chi connectivity index (χ4v) is 1.41. The summed E-state index contributed by atoms with van der Waals surface area (Å²) in [6.45, 7) is 3.26. The summed E-state index contributed by atoms with van der Waals surface area (Å²) in [5.74, 6) is 0.573. The van der Waals surface area contributed by atoms with Gasteiger partial charge in [-0.05, 0) is 19.9 Å². The minimum absolute atomic E-state index is 0.201. The molecule has 0 fully saturated rings. The Morgan fingerprint density at radius 1 is 1.50 bits per heavy atom. The molecule has 1 aromatic heterocycles. The third-order valence-corrected chi connectivity index (χ3v) is 2.76. The Morgan fingerprint density at radius 3 is 2.61 bits per heavy atom. The van der Waals surface area contributed by atoms with Gasteiger partial charge in [0.05, 0.1) is 32.4 Å². The number of ether oxygens (including phenoxy) is 1. The smallest absolute Gasteiger partial charge is 0.341 e. The van der Waals surface area contributed by atoms with Gasteiger partial charge < -0.3 is 24.7 Å². The summed E-state index contributed by atoms with van der Waals surface area (Å²) in [5.41, 5.74) is -0.407. The SMILES string of the molecule is COC(=O)c1cc(CNC(C)(CO)CO)oc1C. The number of carbonyl (C=O) groups is 1. The molecule has 0 bridgehead atoms. The number of hydrogen-bond acceptors (Lipinski definition) is 6. The van der Waals surface area contributed by atoms with Gasteiger partial charge in [0.15, 0.2) is 0 Å². The van der Waals surface area contributed by atoms with Crippen LogP contribution in [0, 0.1) is 6.92 Å². The van der Waals surface area contributed by atoms with Crippen molar-refractivity contribution in [3.8, 4) is 0 Å². The van der Waals surface area contributed by atoms with Gasteiger partial charge in [0.2, 0.25) is 0 Å². The maximum absolute atomic E-state index is 11.4. The van der Waals surface area contributed by atoms with E-state index in [9.17, 15) is 4.79 Å². The van der Waals surface area contributed by atoms with E-state index in [0.29, 0.717) is 23.6 Å². The normalized spacial score (nSPS) is 11.6. The monoisotopic (exact) mass is 257 g/mol. The highest BCUT2D eigenvalue weighted by atomic mass is 16.5. The van der Waals surface area contributed by atoms with E-state index in [4.69, 9.17) is 14.6 Å². The van der Waals surface area contributed by atoms with Crippen molar-refractivity contribution in [1.82, 2.24) is 5.32 Å². The standard InChI is InChI=1S/C12H19NO5/c1-8-10(11(16)17-3)4-9(18-8)5-13-12(2,6-14)7-15/h4,13-15H,5-7H2,1-3H3. The molecular formula is C12H19NO5. The second-order valence-electron chi connectivity index (χ2n) is 4.40. The van der Waals surface area contributed by atoms with Gasteiger partial charge in [0.25, 0.3) is 0 Å². The fourth-order valence-electron chi connectivity index (χ4n) is 1.41. The lowest BCUT2D eigenvalue weighted by Crippen LogP contribution is -2.48. The zero-order valence-corrected chi connectivity index (χ0v) is 10.8. The number of methoxy groups -OCH3 is 1. The molecule has 6 nitrogen and oxygen atoms in total. The number of aliphatic hydroxyl groups is 2. The summed E-state index contributed by atoms with van der Waals surface area (Å²) in [6, 6.07) is 1.59. The molecule has 3 N–H and O–H groups in total. The van der Waals surface area contributed by atoms with Crippen molar-refractivity contribution >= 4 is 5.97 Å². The molecular weight excluding hydrogens is 238 g/mol. The Labute approximate surface area is 106 Å². The van der Waals surface area contributed by atoms with Crippen LogP contribution in [0.15, 0.2) is 10.5 Å². The van der Waals surface area contributed by atoms with E-state index in [2.05, 4.69) is 10.1 Å². The molecule has 0 saturated carbocycles. The molecule has 1 heterocycles. The lowest BCUT2D eigenvalue weighted by molar-refractivity contribution is 0.0599. The number of carbonyl (C=O) groups excluding carboxylic acids is 1. The lowest BCUT2D eigenvalue weighted by Gasteiger charge is -2.25. The molecule has 102 valence electrons. The first-order valence-electron chi connectivity index (χ1n) is 5.60. The average molecular weight is 257 g/mol. The molecule has 0 amide bonds. The molecule has 18 heavy (non-hydrogen) atoms. The molecule has 0 atom stereocenters. The predicted molar refractivity (Wildman–Crippen MR) is 64.2 cm³/mol. The third kappa shape index (κ3) is 3.32. The molecule has 0 spiro atoms. The van der Waals surface area contributed by atoms with Crippen LogP contribution in [0.4, 0.5) is 0 Å². The summed E-state index contributed by atoms with van der Waals surface area (Å²) < 4.78 is 10.0. The number of hydrogen-bond donors (Lipinski definition) is 3. The Hall–Kier alpha value is -1.37. The second-order valence-corrected chi connectivity index (χ2v) is 4.40. The van der Waals surface area contributed by atoms with Gasteiger partial charge >= 0.3 is 5.97 Å². The van der Waals surface area contributed by atoms with Crippen LogP contribution in [0.5, 0.6) is 0 Å². The van der Waals surface area contributed by atoms with E-state index in [1.165, 1.54) is 7.11 Å². The van der Waals surface area contributed by atoms with Gasteiger partial charge in [-0.2, -0.15) is 0 Å². The van der Waals surface area contributed by atoms with Crippen LogP contribution in [0.25, 0.3) is 0 Å². The molecule has 1 aromatic rings. The van der Waals surface area contributed by atoms with Crippen LogP contribution in [0.1, 0.15) is 28.8 Å². The largest absolute Gasteiger partial charge is 0.465 e. The van der Waals surface area contributed by atoms with E-state index >= 15 is 0 Å². The van der Waals surface area contributed by atoms with Crippen molar-refractivity contribution in [3.63, 3.8) is 0 Å². The van der Waals surface area contributed by atoms with Crippen LogP contribution in [0.3, 0.4) is 0 Å². The van der Waals surface area contributed by atoms with Gasteiger partial charge in [-0.1, -0.05) is 0 Å². The minimum atomic E-state index is -0.786. The van der Waals surface area contributed by atoms with Crippen molar-refractivity contribution in [2.75, 3.05) is 20.3 Å². The number of aryl methyl sites for hydroxylation is 1. The summed E-state index contributed by atoms with van der Waals surface area (Å²) in [4.78, 5) is 11.4. The van der Waals surface area contributed by atoms with Crippen molar-refractivity contribution in [1.29, 1.82) is 0 Å². The van der Waals surface area contributed by atoms with E-state index < -0.39 is 11.5 Å². The quantitative estimate of drug-likeness (QED) is 0.631. The highest BCUT2D eigenvalue weighted by Crippen LogP contribution is 2.16. The Kier molecular flexibility index (Phi) is 4.89. The molecule has 0 radical (unpaired) electrons. The molecule has 0 unspecified atom stereocenters. The maximum Gasteiger partial charge on any atom is 0.341 e. The van der Waals surface area contributed by atoms with Gasteiger partial charge in [-0.3, -0.25) is 0 Å². The average Bonchev–Trinajstić information content (AvgIpc) is 2.76. The topological polar surface area (TPSA) is 91.9 Å². The first-order valence-corrected chi connectivity index (χ1v) is 5.60. The fraction of sp³-hybridized carbons (Fsp3) is 0.583. The van der Waals surface area contributed by atoms with Crippen LogP contribution < -0.4 is 5.32 Å². The van der Waals surface area contributed by atoms with Gasteiger partial charge in [-0.25, -0.2) is 4.79 Å². The Bertz CT molecular complexity index is 409. The zero-order valence-electron chi connectivity index (χ0n) is 10.8. The predicted octanol–water partition coefficient (Wildman–Crippen LogP) is 0.208. The van der Waals surface area contributed by atoms with Crippen LogP contribution in [0.2, 0.25) is 0 Å². The Balaban J connectivity index is 2.72. The van der Waals surface area contributed by atoms with E-state index in [1.807, 2.05) is 0 Å². The van der Waals surface area contributed by atoms with Crippen molar-refractivity contribution < 1.29 is 24.2 Å². The number of rotatable bonds is 6. The van der Waals surface area contributed by atoms with Crippen LogP contribution in [-0.4, -0.2) is 42.0 Å².